The largest absolute Gasteiger partial charge is 0.493 e. The van der Waals surface area contributed by atoms with E-state index in [9.17, 15) is 5.26 Å². The number of hydrogen-bond acceptors (Lipinski definition) is 5. The van der Waals surface area contributed by atoms with Crippen molar-refractivity contribution in [1.82, 2.24) is 4.98 Å². The van der Waals surface area contributed by atoms with Gasteiger partial charge in [-0.3, -0.25) is 0 Å². The summed E-state index contributed by atoms with van der Waals surface area (Å²) in [5.74, 6) is 1.39. The van der Waals surface area contributed by atoms with Crippen LogP contribution in [0.1, 0.15) is 16.8 Å². The number of rotatable bonds is 6. The third kappa shape index (κ3) is 4.69. The molecule has 0 bridgehead atoms. The Labute approximate surface area is 201 Å². The average molecular weight is 500 g/mol. The first-order valence-corrected chi connectivity index (χ1v) is 11.1. The summed E-state index contributed by atoms with van der Waals surface area (Å²) in [5, 5.41) is 9.90. The van der Waals surface area contributed by atoms with Crippen molar-refractivity contribution in [3.8, 4) is 39.8 Å². The van der Waals surface area contributed by atoms with Crippen LogP contribution in [0.2, 0.25) is 0 Å². The summed E-state index contributed by atoms with van der Waals surface area (Å²) in [6.45, 7) is 2.30. The van der Waals surface area contributed by atoms with Crippen LogP contribution >= 0.6 is 15.9 Å². The highest BCUT2D eigenvalue weighted by Crippen LogP contribution is 2.41. The Morgan fingerprint density at radius 2 is 1.67 bits per heavy atom. The van der Waals surface area contributed by atoms with Gasteiger partial charge >= 0.3 is 0 Å². The number of methoxy groups -OCH3 is 1. The molecule has 4 rings (SSSR count). The minimum absolute atomic E-state index is 0.208. The first kappa shape index (κ1) is 22.4. The van der Waals surface area contributed by atoms with E-state index in [4.69, 9.17) is 15.2 Å². The molecule has 0 aliphatic carbocycles. The molecule has 4 aromatic rings. The third-order valence-corrected chi connectivity index (χ3v) is 5.87. The van der Waals surface area contributed by atoms with Crippen LogP contribution in [0.15, 0.2) is 77.3 Å². The average Bonchev–Trinajstić information content (AvgIpc) is 2.83. The number of nitrogen functional groups attached to an aromatic ring is 1. The molecule has 2 N–H and O–H groups in total. The number of nitrogens with two attached hydrogens (primary N) is 1. The van der Waals surface area contributed by atoms with E-state index in [-0.39, 0.29) is 5.82 Å². The molecular formula is C27H22BrN3O2. The second-order valence-corrected chi connectivity index (χ2v) is 8.38. The second-order valence-electron chi connectivity index (χ2n) is 7.47. The van der Waals surface area contributed by atoms with Gasteiger partial charge in [0, 0.05) is 21.3 Å². The van der Waals surface area contributed by atoms with Gasteiger partial charge in [0.05, 0.1) is 7.11 Å². The lowest BCUT2D eigenvalue weighted by atomic mass is 9.90. The summed E-state index contributed by atoms with van der Waals surface area (Å²) in [4.78, 5) is 4.43. The summed E-state index contributed by atoms with van der Waals surface area (Å²) in [6, 6.07) is 25.7. The summed E-state index contributed by atoms with van der Waals surface area (Å²) in [6.07, 6.45) is 0. The molecule has 0 unspecified atom stereocenters. The van der Waals surface area contributed by atoms with E-state index >= 15 is 0 Å². The van der Waals surface area contributed by atoms with Crippen LogP contribution in [0.3, 0.4) is 0 Å². The highest BCUT2D eigenvalue weighted by atomic mass is 79.9. The molecule has 0 saturated heterocycles. The quantitative estimate of drug-likeness (QED) is 0.326. The molecule has 3 aromatic carbocycles. The number of aryl methyl sites for hydroxylation is 1. The molecule has 1 heterocycles. The standard InChI is InChI=1S/C27H22BrN3O2/c1-17-25(19-6-4-3-5-7-19)26(22(15-29)27(30)31-17)20-10-13-23(24(14-20)32-2)33-16-18-8-11-21(28)12-9-18/h3-14H,16H2,1-2H3,(H2,30,31). The first-order chi connectivity index (χ1) is 16.0. The van der Waals surface area contributed by atoms with Crippen LogP contribution < -0.4 is 15.2 Å². The molecule has 0 atom stereocenters. The highest BCUT2D eigenvalue weighted by molar-refractivity contribution is 9.10. The summed E-state index contributed by atoms with van der Waals surface area (Å²) >= 11 is 3.44. The van der Waals surface area contributed by atoms with Crippen molar-refractivity contribution in [3.05, 3.63) is 94.1 Å². The predicted octanol–water partition coefficient (Wildman–Crippen LogP) is 6.53. The third-order valence-electron chi connectivity index (χ3n) is 5.34. The Morgan fingerprint density at radius 1 is 0.939 bits per heavy atom. The smallest absolute Gasteiger partial charge is 0.161 e. The fraction of sp³-hybridized carbons (Fsp3) is 0.111. The normalized spacial score (nSPS) is 10.5. The van der Waals surface area contributed by atoms with Crippen molar-refractivity contribution in [2.75, 3.05) is 12.8 Å². The van der Waals surface area contributed by atoms with E-state index in [0.29, 0.717) is 23.7 Å². The number of pyridine rings is 1. The SMILES string of the molecule is COc1cc(-c2c(C#N)c(N)nc(C)c2-c2ccccc2)ccc1OCc1ccc(Br)cc1. The lowest BCUT2D eigenvalue weighted by molar-refractivity contribution is 0.284. The Kier molecular flexibility index (Phi) is 6.62. The van der Waals surface area contributed by atoms with Gasteiger partial charge in [0.15, 0.2) is 11.5 Å². The van der Waals surface area contributed by atoms with Gasteiger partial charge in [-0.1, -0.05) is 64.5 Å². The van der Waals surface area contributed by atoms with Crippen molar-refractivity contribution < 1.29 is 9.47 Å². The minimum atomic E-state index is 0.208. The Hall–Kier alpha value is -3.82. The zero-order valence-corrected chi connectivity index (χ0v) is 19.9. The van der Waals surface area contributed by atoms with Gasteiger partial charge in [-0.05, 0) is 47.9 Å². The van der Waals surface area contributed by atoms with Gasteiger partial charge in [0.25, 0.3) is 0 Å². The maximum absolute atomic E-state index is 9.90. The molecule has 0 saturated carbocycles. The zero-order valence-electron chi connectivity index (χ0n) is 18.3. The molecule has 0 radical (unpaired) electrons. The van der Waals surface area contributed by atoms with Crippen LogP contribution in [0.4, 0.5) is 5.82 Å². The molecule has 164 valence electrons. The summed E-state index contributed by atoms with van der Waals surface area (Å²) in [7, 11) is 1.60. The van der Waals surface area contributed by atoms with Gasteiger partial charge in [-0.25, -0.2) is 4.98 Å². The fourth-order valence-electron chi connectivity index (χ4n) is 3.77. The zero-order chi connectivity index (χ0) is 23.4. The molecule has 1 aromatic heterocycles. The molecule has 0 amide bonds. The number of benzene rings is 3. The monoisotopic (exact) mass is 499 g/mol. The van der Waals surface area contributed by atoms with Gasteiger partial charge in [0.2, 0.25) is 0 Å². The van der Waals surface area contributed by atoms with Gasteiger partial charge in [-0.15, -0.1) is 0 Å². The fourth-order valence-corrected chi connectivity index (χ4v) is 4.03. The topological polar surface area (TPSA) is 81.2 Å². The molecule has 33 heavy (non-hydrogen) atoms. The number of nitrogens with zero attached hydrogens (tertiary/aromatic N) is 2. The maximum Gasteiger partial charge on any atom is 0.161 e. The Bertz CT molecular complexity index is 1330. The van der Waals surface area contributed by atoms with Gasteiger partial charge in [0.1, 0.15) is 24.1 Å². The summed E-state index contributed by atoms with van der Waals surface area (Å²) < 4.78 is 12.7. The lowest BCUT2D eigenvalue weighted by Crippen LogP contribution is -2.04. The van der Waals surface area contributed by atoms with E-state index in [1.54, 1.807) is 7.11 Å². The number of hydrogen-bond donors (Lipinski definition) is 1. The van der Waals surface area contributed by atoms with Crippen molar-refractivity contribution in [1.29, 1.82) is 5.26 Å². The molecule has 5 nitrogen and oxygen atoms in total. The number of nitriles is 1. The predicted molar refractivity (Wildman–Crippen MR) is 134 cm³/mol. The molecule has 0 aliphatic heterocycles. The van der Waals surface area contributed by atoms with Crippen molar-refractivity contribution >= 4 is 21.7 Å². The van der Waals surface area contributed by atoms with Crippen LogP contribution in [-0.4, -0.2) is 12.1 Å². The van der Waals surface area contributed by atoms with Gasteiger partial charge < -0.3 is 15.2 Å². The van der Waals surface area contributed by atoms with Crippen LogP contribution in [0.25, 0.3) is 22.3 Å². The van der Waals surface area contributed by atoms with E-state index in [1.165, 1.54) is 0 Å². The summed E-state index contributed by atoms with van der Waals surface area (Å²) in [5.41, 5.74) is 11.6. The molecular weight excluding hydrogens is 478 g/mol. The first-order valence-electron chi connectivity index (χ1n) is 10.3. The minimum Gasteiger partial charge on any atom is -0.493 e. The molecule has 0 fully saturated rings. The maximum atomic E-state index is 9.90. The Morgan fingerprint density at radius 3 is 2.33 bits per heavy atom. The van der Waals surface area contributed by atoms with E-state index in [0.717, 1.165) is 38.0 Å². The van der Waals surface area contributed by atoms with Crippen LogP contribution in [0, 0.1) is 18.3 Å². The van der Waals surface area contributed by atoms with Crippen molar-refractivity contribution in [2.45, 2.75) is 13.5 Å². The van der Waals surface area contributed by atoms with E-state index in [1.807, 2.05) is 79.7 Å². The van der Waals surface area contributed by atoms with Crippen LogP contribution in [0.5, 0.6) is 11.5 Å². The Balaban J connectivity index is 1.79. The van der Waals surface area contributed by atoms with Crippen molar-refractivity contribution in [2.24, 2.45) is 0 Å². The van der Waals surface area contributed by atoms with Gasteiger partial charge in [-0.2, -0.15) is 5.26 Å². The number of anilines is 1. The molecule has 0 aliphatic rings. The van der Waals surface area contributed by atoms with E-state index in [2.05, 4.69) is 27.0 Å². The van der Waals surface area contributed by atoms with Crippen molar-refractivity contribution in [3.63, 3.8) is 0 Å². The highest BCUT2D eigenvalue weighted by Gasteiger charge is 2.20. The molecule has 0 spiro atoms. The number of ether oxygens (including phenoxy) is 2. The van der Waals surface area contributed by atoms with Crippen LogP contribution in [-0.2, 0) is 6.61 Å². The van der Waals surface area contributed by atoms with E-state index < -0.39 is 0 Å². The number of aromatic nitrogens is 1. The molecule has 6 heteroatoms. The lowest BCUT2D eigenvalue weighted by Gasteiger charge is -2.18. The number of halogens is 1. The second kappa shape index (κ2) is 9.76.